The van der Waals surface area contributed by atoms with Crippen molar-refractivity contribution in [2.24, 2.45) is 0 Å². The molecule has 1 aliphatic rings. The first-order chi connectivity index (χ1) is 13.5. The number of aliphatic hydroxyl groups is 1. The van der Waals surface area contributed by atoms with Crippen molar-refractivity contribution in [1.82, 2.24) is 14.8 Å². The summed E-state index contributed by atoms with van der Waals surface area (Å²) >= 11 is 1.47. The van der Waals surface area contributed by atoms with E-state index in [2.05, 4.69) is 4.98 Å². The van der Waals surface area contributed by atoms with Gasteiger partial charge in [-0.3, -0.25) is 9.59 Å². The highest BCUT2D eigenvalue weighted by Gasteiger charge is 2.46. The Morgan fingerprint density at radius 3 is 2.71 bits per heavy atom. The van der Waals surface area contributed by atoms with Gasteiger partial charge >= 0.3 is 0 Å². The predicted molar refractivity (Wildman–Crippen MR) is 110 cm³/mol. The number of benzene rings is 1. The highest BCUT2D eigenvalue weighted by molar-refractivity contribution is 7.10. The molecule has 0 bridgehead atoms. The van der Waals surface area contributed by atoms with Crippen LogP contribution >= 0.6 is 11.3 Å². The molecule has 1 aliphatic heterocycles. The molecule has 4 rings (SSSR count). The first-order valence-electron chi connectivity index (χ1n) is 9.02. The molecular formula is C21H21N3O3S. The average molecular weight is 395 g/mol. The number of rotatable bonds is 5. The number of carbonyl (C=O) groups excluding carboxylic acids is 2. The van der Waals surface area contributed by atoms with Gasteiger partial charge in [0.1, 0.15) is 5.76 Å². The van der Waals surface area contributed by atoms with Crippen molar-refractivity contribution in [3.8, 4) is 0 Å². The summed E-state index contributed by atoms with van der Waals surface area (Å²) in [5.74, 6) is -1.34. The number of ketones is 1. The maximum atomic E-state index is 12.9. The van der Waals surface area contributed by atoms with Crippen LogP contribution in [0.15, 0.2) is 53.5 Å². The van der Waals surface area contributed by atoms with Gasteiger partial charge < -0.3 is 19.9 Å². The number of thiophene rings is 1. The van der Waals surface area contributed by atoms with Crippen LogP contribution in [-0.4, -0.2) is 58.8 Å². The summed E-state index contributed by atoms with van der Waals surface area (Å²) in [4.78, 5) is 33.2. The maximum absolute atomic E-state index is 12.9. The van der Waals surface area contributed by atoms with Crippen molar-refractivity contribution in [3.63, 3.8) is 0 Å². The number of carbonyl (C=O) groups is 2. The van der Waals surface area contributed by atoms with Crippen molar-refractivity contribution in [2.75, 3.05) is 27.2 Å². The van der Waals surface area contributed by atoms with Crippen LogP contribution in [0.1, 0.15) is 16.5 Å². The van der Waals surface area contributed by atoms with Crippen molar-refractivity contribution in [2.45, 2.75) is 6.04 Å². The average Bonchev–Trinajstić information content (AvgIpc) is 3.39. The molecule has 0 radical (unpaired) electrons. The van der Waals surface area contributed by atoms with Crippen molar-refractivity contribution >= 4 is 39.7 Å². The zero-order chi connectivity index (χ0) is 19.8. The molecule has 2 aromatic heterocycles. The minimum Gasteiger partial charge on any atom is -0.507 e. The minimum absolute atomic E-state index is 0.137. The molecule has 1 atom stereocenters. The molecule has 3 aromatic rings. The van der Waals surface area contributed by atoms with Crippen LogP contribution in [0.4, 0.5) is 0 Å². The Labute approximate surface area is 166 Å². The Balaban J connectivity index is 1.86. The summed E-state index contributed by atoms with van der Waals surface area (Å²) in [7, 11) is 3.84. The number of likely N-dealkylation sites (tertiary alicyclic amines) is 1. The van der Waals surface area contributed by atoms with Gasteiger partial charge in [0, 0.05) is 40.6 Å². The highest BCUT2D eigenvalue weighted by Crippen LogP contribution is 2.41. The lowest BCUT2D eigenvalue weighted by atomic mass is 9.99. The van der Waals surface area contributed by atoms with Gasteiger partial charge in [0.15, 0.2) is 0 Å². The van der Waals surface area contributed by atoms with Crippen LogP contribution in [0.3, 0.4) is 0 Å². The van der Waals surface area contributed by atoms with Gasteiger partial charge in [-0.15, -0.1) is 11.3 Å². The van der Waals surface area contributed by atoms with Gasteiger partial charge in [-0.25, -0.2) is 0 Å². The van der Waals surface area contributed by atoms with E-state index in [1.54, 1.807) is 11.1 Å². The number of amides is 1. The number of hydrogen-bond donors (Lipinski definition) is 2. The Morgan fingerprint density at radius 1 is 1.21 bits per heavy atom. The molecule has 1 unspecified atom stereocenters. The fraction of sp³-hybridized carbons (Fsp3) is 0.238. The minimum atomic E-state index is -0.639. The first-order valence-corrected chi connectivity index (χ1v) is 9.90. The molecule has 1 fully saturated rings. The van der Waals surface area contributed by atoms with E-state index in [0.717, 1.165) is 15.8 Å². The van der Waals surface area contributed by atoms with Crippen LogP contribution in [-0.2, 0) is 9.59 Å². The summed E-state index contributed by atoms with van der Waals surface area (Å²) < 4.78 is 0. The van der Waals surface area contributed by atoms with Crippen LogP contribution in [0.5, 0.6) is 0 Å². The van der Waals surface area contributed by atoms with Gasteiger partial charge in [-0.2, -0.15) is 0 Å². The lowest BCUT2D eigenvalue weighted by Gasteiger charge is -2.25. The topological polar surface area (TPSA) is 76.6 Å². The maximum Gasteiger partial charge on any atom is 0.295 e. The molecule has 6 nitrogen and oxygen atoms in total. The third-order valence-corrected chi connectivity index (χ3v) is 5.91. The smallest absolute Gasteiger partial charge is 0.295 e. The number of nitrogens with one attached hydrogen (secondary N) is 1. The summed E-state index contributed by atoms with van der Waals surface area (Å²) in [5, 5.41) is 13.8. The molecule has 144 valence electrons. The second-order valence-corrected chi connectivity index (χ2v) is 8.04. The van der Waals surface area contributed by atoms with E-state index in [9.17, 15) is 14.7 Å². The Bertz CT molecular complexity index is 1070. The number of Topliss-reactive ketones (excluding diaryl/α,β-unsaturated/α-hetero) is 1. The van der Waals surface area contributed by atoms with Crippen molar-refractivity contribution in [3.05, 3.63) is 64.0 Å². The number of para-hydroxylation sites is 1. The van der Waals surface area contributed by atoms with E-state index in [1.807, 2.05) is 60.8 Å². The van der Waals surface area contributed by atoms with Crippen LogP contribution < -0.4 is 0 Å². The molecule has 0 saturated carbocycles. The van der Waals surface area contributed by atoms with E-state index in [1.165, 1.54) is 11.3 Å². The van der Waals surface area contributed by atoms with Crippen molar-refractivity contribution < 1.29 is 14.7 Å². The number of aromatic amines is 1. The molecule has 2 N–H and O–H groups in total. The zero-order valence-corrected chi connectivity index (χ0v) is 16.5. The third-order valence-electron chi connectivity index (χ3n) is 4.99. The fourth-order valence-electron chi connectivity index (χ4n) is 3.57. The van der Waals surface area contributed by atoms with E-state index < -0.39 is 17.7 Å². The number of hydrogen-bond acceptors (Lipinski definition) is 5. The van der Waals surface area contributed by atoms with E-state index >= 15 is 0 Å². The second kappa shape index (κ2) is 7.26. The molecular weight excluding hydrogens is 374 g/mol. The molecule has 1 aromatic carbocycles. The monoisotopic (exact) mass is 395 g/mol. The fourth-order valence-corrected chi connectivity index (χ4v) is 4.42. The lowest BCUT2D eigenvalue weighted by Crippen LogP contribution is -2.35. The van der Waals surface area contributed by atoms with Crippen LogP contribution in [0.25, 0.3) is 16.7 Å². The van der Waals surface area contributed by atoms with Gasteiger partial charge in [0.2, 0.25) is 0 Å². The van der Waals surface area contributed by atoms with E-state index in [-0.39, 0.29) is 11.3 Å². The van der Waals surface area contributed by atoms with E-state index in [4.69, 9.17) is 0 Å². The molecule has 7 heteroatoms. The van der Waals surface area contributed by atoms with Crippen molar-refractivity contribution in [1.29, 1.82) is 0 Å². The first kappa shape index (κ1) is 18.5. The molecule has 1 saturated heterocycles. The molecule has 1 amide bonds. The summed E-state index contributed by atoms with van der Waals surface area (Å²) in [5.41, 5.74) is 1.54. The molecule has 28 heavy (non-hydrogen) atoms. The predicted octanol–water partition coefficient (Wildman–Crippen LogP) is 3.21. The summed E-state index contributed by atoms with van der Waals surface area (Å²) in [6.07, 6.45) is 1.68. The standard InChI is InChI=1S/C21H21N3O3S/c1-23(2)9-10-24-18(16-8-5-11-28-16)17(20(26)21(24)27)19(25)14-12-22-15-7-4-3-6-13(14)15/h3-8,11-12,18,22,25H,9-10H2,1-2H3. The number of aliphatic hydroxyl groups excluding tert-OH is 1. The third kappa shape index (κ3) is 3.02. The SMILES string of the molecule is CN(C)CCN1C(=O)C(=O)C(=C(O)c2c[nH]c3ccccc23)C1c1cccs1. The summed E-state index contributed by atoms with van der Waals surface area (Å²) in [6, 6.07) is 10.8. The number of nitrogens with zero attached hydrogens (tertiary/aromatic N) is 2. The summed E-state index contributed by atoms with van der Waals surface area (Å²) in [6.45, 7) is 1.03. The largest absolute Gasteiger partial charge is 0.507 e. The van der Waals surface area contributed by atoms with Gasteiger partial charge in [0.05, 0.1) is 11.6 Å². The van der Waals surface area contributed by atoms with Gasteiger partial charge in [-0.1, -0.05) is 24.3 Å². The number of aromatic nitrogens is 1. The molecule has 3 heterocycles. The quantitative estimate of drug-likeness (QED) is 0.395. The lowest BCUT2D eigenvalue weighted by molar-refractivity contribution is -0.140. The normalized spacial score (nSPS) is 19.2. The highest BCUT2D eigenvalue weighted by atomic mass is 32.1. The molecule has 0 spiro atoms. The van der Waals surface area contributed by atoms with Crippen LogP contribution in [0, 0.1) is 0 Å². The van der Waals surface area contributed by atoms with Crippen LogP contribution in [0.2, 0.25) is 0 Å². The second-order valence-electron chi connectivity index (χ2n) is 7.06. The number of likely N-dealkylation sites (N-methyl/N-ethyl adjacent to an activating group) is 1. The molecule has 0 aliphatic carbocycles. The zero-order valence-electron chi connectivity index (χ0n) is 15.7. The Morgan fingerprint density at radius 2 is 2.00 bits per heavy atom. The van der Waals surface area contributed by atoms with E-state index in [0.29, 0.717) is 18.7 Å². The van der Waals surface area contributed by atoms with Gasteiger partial charge in [0.25, 0.3) is 11.7 Å². The number of H-pyrrole nitrogens is 1. The Hall–Kier alpha value is -2.90. The van der Waals surface area contributed by atoms with Gasteiger partial charge in [-0.05, 0) is 31.6 Å². The number of fused-ring (bicyclic) bond motifs is 1. The Kier molecular flexibility index (Phi) is 4.78.